The second-order valence-electron chi connectivity index (χ2n) is 6.67. The number of methoxy groups -OCH3 is 1. The number of carbonyl (C=O) groups is 1. The van der Waals surface area contributed by atoms with Crippen molar-refractivity contribution >= 4 is 17.7 Å². The Kier molecular flexibility index (Phi) is 8.62. The highest BCUT2D eigenvalue weighted by Gasteiger charge is 2.20. The number of carbonyl (C=O) groups excluding carboxylic acids is 1. The molecule has 1 amide bonds. The van der Waals surface area contributed by atoms with Gasteiger partial charge in [0.15, 0.2) is 0 Å². The topological polar surface area (TPSA) is 41.6 Å². The smallest absolute Gasteiger partial charge is 0.233 e. The van der Waals surface area contributed by atoms with Gasteiger partial charge in [-0.25, -0.2) is 0 Å². The molecule has 0 unspecified atom stereocenters. The van der Waals surface area contributed by atoms with Crippen molar-refractivity contribution in [2.75, 3.05) is 26.7 Å². The zero-order chi connectivity index (χ0) is 18.1. The molecule has 5 heteroatoms. The van der Waals surface area contributed by atoms with Gasteiger partial charge in [0.1, 0.15) is 5.75 Å². The molecule has 1 aliphatic rings. The fourth-order valence-electron chi connectivity index (χ4n) is 3.37. The normalized spacial score (nSPS) is 19.4. The number of nitrogens with one attached hydrogen (secondary N) is 1. The van der Waals surface area contributed by atoms with Crippen LogP contribution in [0, 0.1) is 0 Å². The summed E-state index contributed by atoms with van der Waals surface area (Å²) in [6.45, 7) is 7.32. The highest BCUT2D eigenvalue weighted by molar-refractivity contribution is 8.00. The minimum atomic E-state index is -0.0910. The molecule has 2 atom stereocenters. The van der Waals surface area contributed by atoms with Crippen molar-refractivity contribution in [2.45, 2.75) is 62.1 Å². The molecule has 0 bridgehead atoms. The van der Waals surface area contributed by atoms with Gasteiger partial charge in [-0.15, -0.1) is 11.8 Å². The zero-order valence-electron chi connectivity index (χ0n) is 15.8. The Morgan fingerprint density at radius 1 is 1.36 bits per heavy atom. The molecule has 1 N–H and O–H groups in total. The SMILES string of the molecule is CC[C@H]1CCCCN1CCCNC(=O)[C@@H](C)Sc1ccc(OC)cc1. The number of hydrogen-bond donors (Lipinski definition) is 1. The molecule has 0 radical (unpaired) electrons. The van der Waals surface area contributed by atoms with Gasteiger partial charge < -0.3 is 15.0 Å². The number of amides is 1. The average Bonchev–Trinajstić information content (AvgIpc) is 2.65. The lowest BCUT2D eigenvalue weighted by atomic mass is 10.00. The van der Waals surface area contributed by atoms with E-state index < -0.39 is 0 Å². The molecule has 0 aromatic heterocycles. The lowest BCUT2D eigenvalue weighted by molar-refractivity contribution is -0.120. The molecule has 1 saturated heterocycles. The van der Waals surface area contributed by atoms with Gasteiger partial charge in [-0.1, -0.05) is 13.3 Å². The van der Waals surface area contributed by atoms with Crippen LogP contribution in [0.2, 0.25) is 0 Å². The Balaban J connectivity index is 1.66. The first-order valence-electron chi connectivity index (χ1n) is 9.46. The van der Waals surface area contributed by atoms with Crippen molar-refractivity contribution in [1.29, 1.82) is 0 Å². The van der Waals surface area contributed by atoms with Gasteiger partial charge in [-0.05, 0) is 63.4 Å². The average molecular weight is 365 g/mol. The van der Waals surface area contributed by atoms with Gasteiger partial charge in [0.25, 0.3) is 0 Å². The molecule has 140 valence electrons. The Morgan fingerprint density at radius 3 is 2.80 bits per heavy atom. The van der Waals surface area contributed by atoms with Crippen molar-refractivity contribution in [1.82, 2.24) is 10.2 Å². The highest BCUT2D eigenvalue weighted by Crippen LogP contribution is 2.25. The lowest BCUT2D eigenvalue weighted by Gasteiger charge is -2.35. The van der Waals surface area contributed by atoms with E-state index in [4.69, 9.17) is 4.74 Å². The maximum absolute atomic E-state index is 12.3. The van der Waals surface area contributed by atoms with Crippen LogP contribution in [0.25, 0.3) is 0 Å². The first kappa shape index (κ1) is 20.1. The van der Waals surface area contributed by atoms with Gasteiger partial charge in [-0.2, -0.15) is 0 Å². The van der Waals surface area contributed by atoms with Crippen LogP contribution in [0.4, 0.5) is 0 Å². The maximum Gasteiger partial charge on any atom is 0.233 e. The number of rotatable bonds is 9. The van der Waals surface area contributed by atoms with E-state index in [0.29, 0.717) is 0 Å². The predicted octanol–water partition coefficient (Wildman–Crippen LogP) is 3.95. The Bertz CT molecular complexity index is 521. The Morgan fingerprint density at radius 2 is 2.12 bits per heavy atom. The number of hydrogen-bond acceptors (Lipinski definition) is 4. The van der Waals surface area contributed by atoms with E-state index in [0.717, 1.165) is 36.2 Å². The molecule has 4 nitrogen and oxygen atoms in total. The zero-order valence-corrected chi connectivity index (χ0v) is 16.6. The van der Waals surface area contributed by atoms with Crippen LogP contribution in [-0.4, -0.2) is 48.8 Å². The molecule has 2 rings (SSSR count). The van der Waals surface area contributed by atoms with Crippen LogP contribution in [0.1, 0.15) is 46.0 Å². The minimum absolute atomic E-state index is 0.0910. The largest absolute Gasteiger partial charge is 0.497 e. The first-order chi connectivity index (χ1) is 12.1. The highest BCUT2D eigenvalue weighted by atomic mass is 32.2. The second kappa shape index (κ2) is 10.7. The maximum atomic E-state index is 12.3. The Labute approximate surface area is 156 Å². The summed E-state index contributed by atoms with van der Waals surface area (Å²) in [5.74, 6) is 0.955. The van der Waals surface area contributed by atoms with Crippen LogP contribution >= 0.6 is 11.8 Å². The summed E-state index contributed by atoms with van der Waals surface area (Å²) in [5, 5.41) is 3.00. The quantitative estimate of drug-likeness (QED) is 0.532. The Hall–Kier alpha value is -1.20. The van der Waals surface area contributed by atoms with Crippen molar-refractivity contribution < 1.29 is 9.53 Å². The number of benzene rings is 1. The molecular formula is C20H32N2O2S. The molecule has 0 saturated carbocycles. The van der Waals surface area contributed by atoms with Gasteiger partial charge in [0, 0.05) is 24.0 Å². The van der Waals surface area contributed by atoms with E-state index >= 15 is 0 Å². The van der Waals surface area contributed by atoms with Crippen LogP contribution in [0.5, 0.6) is 5.75 Å². The standard InChI is InChI=1S/C20H32N2O2S/c1-4-17-8-5-6-14-22(17)15-7-13-21-20(23)16(2)25-19-11-9-18(24-3)10-12-19/h9-12,16-17H,4-8,13-15H2,1-3H3,(H,21,23)/t16-,17+/m1/s1. The molecule has 0 aliphatic carbocycles. The van der Waals surface area contributed by atoms with Crippen LogP contribution in [0.3, 0.4) is 0 Å². The van der Waals surface area contributed by atoms with E-state index in [1.54, 1.807) is 18.9 Å². The van der Waals surface area contributed by atoms with Crippen LogP contribution in [-0.2, 0) is 4.79 Å². The van der Waals surface area contributed by atoms with Gasteiger partial charge >= 0.3 is 0 Å². The van der Waals surface area contributed by atoms with E-state index in [2.05, 4.69) is 17.1 Å². The van der Waals surface area contributed by atoms with E-state index in [-0.39, 0.29) is 11.2 Å². The third-order valence-corrected chi connectivity index (χ3v) is 6.00. The second-order valence-corrected chi connectivity index (χ2v) is 8.09. The number of nitrogens with zero attached hydrogens (tertiary/aromatic N) is 1. The van der Waals surface area contributed by atoms with E-state index in [1.807, 2.05) is 31.2 Å². The van der Waals surface area contributed by atoms with Crippen molar-refractivity contribution in [3.63, 3.8) is 0 Å². The molecule has 1 heterocycles. The number of ether oxygens (including phenoxy) is 1. The third kappa shape index (κ3) is 6.55. The molecule has 1 fully saturated rings. The summed E-state index contributed by atoms with van der Waals surface area (Å²) in [6.07, 6.45) is 6.28. The van der Waals surface area contributed by atoms with Gasteiger partial charge in [-0.3, -0.25) is 4.79 Å². The van der Waals surface area contributed by atoms with Crippen LogP contribution < -0.4 is 10.1 Å². The molecule has 25 heavy (non-hydrogen) atoms. The summed E-state index contributed by atoms with van der Waals surface area (Å²) in [7, 11) is 1.66. The summed E-state index contributed by atoms with van der Waals surface area (Å²) < 4.78 is 5.16. The summed E-state index contributed by atoms with van der Waals surface area (Å²) in [4.78, 5) is 16.0. The fraction of sp³-hybridized carbons (Fsp3) is 0.650. The van der Waals surface area contributed by atoms with E-state index in [1.165, 1.54) is 32.2 Å². The first-order valence-corrected chi connectivity index (χ1v) is 10.3. The third-order valence-electron chi connectivity index (χ3n) is 4.88. The predicted molar refractivity (Wildman–Crippen MR) is 105 cm³/mol. The van der Waals surface area contributed by atoms with Gasteiger partial charge in [0.05, 0.1) is 12.4 Å². The van der Waals surface area contributed by atoms with Crippen LogP contribution in [0.15, 0.2) is 29.2 Å². The van der Waals surface area contributed by atoms with Crippen molar-refractivity contribution in [2.24, 2.45) is 0 Å². The summed E-state index contributed by atoms with van der Waals surface area (Å²) >= 11 is 1.58. The number of likely N-dealkylation sites (tertiary alicyclic amines) is 1. The fourth-order valence-corrected chi connectivity index (χ4v) is 4.26. The van der Waals surface area contributed by atoms with Gasteiger partial charge in [0.2, 0.25) is 5.91 Å². The minimum Gasteiger partial charge on any atom is -0.497 e. The van der Waals surface area contributed by atoms with Crippen molar-refractivity contribution in [3.05, 3.63) is 24.3 Å². The molecular weight excluding hydrogens is 332 g/mol. The monoisotopic (exact) mass is 364 g/mol. The van der Waals surface area contributed by atoms with Crippen molar-refractivity contribution in [3.8, 4) is 5.75 Å². The molecule has 1 aromatic carbocycles. The van der Waals surface area contributed by atoms with E-state index in [9.17, 15) is 4.79 Å². The molecule has 1 aliphatic heterocycles. The molecule has 0 spiro atoms. The summed E-state index contributed by atoms with van der Waals surface area (Å²) in [6, 6.07) is 8.59. The number of thioether (sulfide) groups is 1. The molecule has 1 aromatic rings. The summed E-state index contributed by atoms with van der Waals surface area (Å²) in [5.41, 5.74) is 0. The number of piperidine rings is 1. The lowest BCUT2D eigenvalue weighted by Crippen LogP contribution is -2.41.